The molecule has 0 atom stereocenters. The predicted octanol–water partition coefficient (Wildman–Crippen LogP) is 2.54. The first-order chi connectivity index (χ1) is 8.19. The Labute approximate surface area is 101 Å². The Balaban J connectivity index is 2.59. The van der Waals surface area contributed by atoms with E-state index in [1.165, 1.54) is 6.07 Å². The Morgan fingerprint density at radius 2 is 2.06 bits per heavy atom. The van der Waals surface area contributed by atoms with Crippen LogP contribution in [0, 0.1) is 5.92 Å². The number of amides is 1. The molecule has 0 aliphatic heterocycles. The summed E-state index contributed by atoms with van der Waals surface area (Å²) in [6.07, 6.45) is 3.72. The van der Waals surface area contributed by atoms with E-state index in [4.69, 9.17) is 0 Å². The minimum absolute atomic E-state index is 0.0391. The number of nitrogens with zero attached hydrogens (tertiary/aromatic N) is 1. The van der Waals surface area contributed by atoms with Crippen molar-refractivity contribution >= 4 is 12.1 Å². The van der Waals surface area contributed by atoms with E-state index in [0.717, 1.165) is 12.8 Å². The average Bonchev–Trinajstić information content (AvgIpc) is 2.35. The molecule has 4 heteroatoms. The Hall–Kier alpha value is -1.84. The largest absolute Gasteiger partial charge is 0.507 e. The number of benzene rings is 1. The van der Waals surface area contributed by atoms with Crippen LogP contribution in [0.3, 0.4) is 0 Å². The van der Waals surface area contributed by atoms with Crippen molar-refractivity contribution in [3.63, 3.8) is 0 Å². The van der Waals surface area contributed by atoms with Crippen LogP contribution in [0.1, 0.15) is 37.0 Å². The Bertz CT molecular complexity index is 398. The van der Waals surface area contributed by atoms with Crippen molar-refractivity contribution in [1.82, 2.24) is 5.43 Å². The SMILES string of the molecule is CCC(/C=N\NC(=O)c1ccccc1O)CC. The number of para-hydroxylation sites is 1. The molecule has 0 radical (unpaired) electrons. The molecule has 1 amide bonds. The second kappa shape index (κ2) is 6.68. The zero-order valence-electron chi connectivity index (χ0n) is 10.2. The first-order valence-electron chi connectivity index (χ1n) is 5.80. The normalized spacial score (nSPS) is 11.0. The lowest BCUT2D eigenvalue weighted by Gasteiger charge is -2.05. The van der Waals surface area contributed by atoms with Crippen LogP contribution in [0.15, 0.2) is 29.4 Å². The van der Waals surface area contributed by atoms with Gasteiger partial charge in [0.1, 0.15) is 5.75 Å². The van der Waals surface area contributed by atoms with Gasteiger partial charge >= 0.3 is 0 Å². The Morgan fingerprint density at radius 3 is 2.65 bits per heavy atom. The second-order valence-electron chi connectivity index (χ2n) is 3.81. The molecule has 0 unspecified atom stereocenters. The number of phenols is 1. The molecule has 1 aromatic rings. The minimum Gasteiger partial charge on any atom is -0.507 e. The number of nitrogens with one attached hydrogen (secondary N) is 1. The van der Waals surface area contributed by atoms with Crippen LogP contribution in [-0.4, -0.2) is 17.2 Å². The van der Waals surface area contributed by atoms with Crippen LogP contribution >= 0.6 is 0 Å². The highest BCUT2D eigenvalue weighted by Crippen LogP contribution is 2.14. The molecule has 1 rings (SSSR count). The Morgan fingerprint density at radius 1 is 1.41 bits per heavy atom. The van der Waals surface area contributed by atoms with Crippen LogP contribution in [0.5, 0.6) is 5.75 Å². The summed E-state index contributed by atoms with van der Waals surface area (Å²) in [6.45, 7) is 4.15. The van der Waals surface area contributed by atoms with Gasteiger partial charge in [0.15, 0.2) is 0 Å². The van der Waals surface area contributed by atoms with Gasteiger partial charge in [0.2, 0.25) is 0 Å². The Kier molecular flexibility index (Phi) is 5.20. The highest BCUT2D eigenvalue weighted by molar-refractivity contribution is 5.96. The maximum Gasteiger partial charge on any atom is 0.275 e. The van der Waals surface area contributed by atoms with Gasteiger partial charge in [-0.25, -0.2) is 5.43 Å². The third kappa shape index (κ3) is 3.90. The second-order valence-corrected chi connectivity index (χ2v) is 3.81. The summed E-state index contributed by atoms with van der Waals surface area (Å²) in [5.41, 5.74) is 2.64. The molecule has 0 saturated carbocycles. The molecule has 17 heavy (non-hydrogen) atoms. The quantitative estimate of drug-likeness (QED) is 0.607. The van der Waals surface area contributed by atoms with Crippen molar-refractivity contribution in [3.05, 3.63) is 29.8 Å². The fourth-order valence-electron chi connectivity index (χ4n) is 1.43. The number of carbonyl (C=O) groups is 1. The van der Waals surface area contributed by atoms with Crippen molar-refractivity contribution in [2.75, 3.05) is 0 Å². The van der Waals surface area contributed by atoms with Gasteiger partial charge in [0.25, 0.3) is 5.91 Å². The van der Waals surface area contributed by atoms with E-state index in [9.17, 15) is 9.90 Å². The van der Waals surface area contributed by atoms with Crippen molar-refractivity contribution in [3.8, 4) is 5.75 Å². The molecular formula is C13H18N2O2. The van der Waals surface area contributed by atoms with E-state index in [0.29, 0.717) is 5.92 Å². The zero-order chi connectivity index (χ0) is 12.7. The highest BCUT2D eigenvalue weighted by atomic mass is 16.3. The van der Waals surface area contributed by atoms with Gasteiger partial charge in [0.05, 0.1) is 5.56 Å². The molecule has 4 nitrogen and oxygen atoms in total. The molecule has 0 saturated heterocycles. The van der Waals surface area contributed by atoms with E-state index in [-0.39, 0.29) is 11.3 Å². The number of aromatic hydroxyl groups is 1. The van der Waals surface area contributed by atoms with Crippen LogP contribution in [0.2, 0.25) is 0 Å². The van der Waals surface area contributed by atoms with Gasteiger partial charge < -0.3 is 5.11 Å². The minimum atomic E-state index is -0.398. The van der Waals surface area contributed by atoms with Crippen molar-refractivity contribution < 1.29 is 9.90 Å². The molecule has 1 aromatic carbocycles. The third-order valence-electron chi connectivity index (χ3n) is 2.65. The van der Waals surface area contributed by atoms with Gasteiger partial charge in [-0.05, 0) is 30.9 Å². The summed E-state index contributed by atoms with van der Waals surface area (Å²) < 4.78 is 0. The monoisotopic (exact) mass is 234 g/mol. The lowest BCUT2D eigenvalue weighted by molar-refractivity contribution is 0.0952. The van der Waals surface area contributed by atoms with Crippen LogP contribution < -0.4 is 5.43 Å². The number of hydrazone groups is 1. The molecular weight excluding hydrogens is 216 g/mol. The molecule has 0 bridgehead atoms. The van der Waals surface area contributed by atoms with Crippen molar-refractivity contribution in [2.24, 2.45) is 11.0 Å². The molecule has 0 aliphatic carbocycles. The smallest absolute Gasteiger partial charge is 0.275 e. The number of hydrogen-bond donors (Lipinski definition) is 2. The van der Waals surface area contributed by atoms with Gasteiger partial charge in [0, 0.05) is 6.21 Å². The topological polar surface area (TPSA) is 61.7 Å². The van der Waals surface area contributed by atoms with E-state index in [2.05, 4.69) is 24.4 Å². The lowest BCUT2D eigenvalue weighted by atomic mass is 10.1. The molecule has 92 valence electrons. The van der Waals surface area contributed by atoms with Gasteiger partial charge in [-0.15, -0.1) is 0 Å². The summed E-state index contributed by atoms with van der Waals surface area (Å²) in [7, 11) is 0. The average molecular weight is 234 g/mol. The maximum absolute atomic E-state index is 11.6. The molecule has 2 N–H and O–H groups in total. The fraction of sp³-hybridized carbons (Fsp3) is 0.385. The van der Waals surface area contributed by atoms with Crippen molar-refractivity contribution in [1.29, 1.82) is 0 Å². The summed E-state index contributed by atoms with van der Waals surface area (Å²) in [5.74, 6) is -0.0623. The molecule has 0 spiro atoms. The number of phenolic OH excluding ortho intramolecular Hbond substituents is 1. The summed E-state index contributed by atoms with van der Waals surface area (Å²) in [6, 6.07) is 6.38. The number of hydrogen-bond acceptors (Lipinski definition) is 3. The van der Waals surface area contributed by atoms with E-state index in [1.54, 1.807) is 24.4 Å². The maximum atomic E-state index is 11.6. The van der Waals surface area contributed by atoms with Gasteiger partial charge in [-0.1, -0.05) is 26.0 Å². The van der Waals surface area contributed by atoms with Gasteiger partial charge in [-0.2, -0.15) is 5.10 Å². The first kappa shape index (κ1) is 13.2. The molecule has 0 heterocycles. The molecule has 0 aromatic heterocycles. The van der Waals surface area contributed by atoms with Gasteiger partial charge in [-0.3, -0.25) is 4.79 Å². The number of carbonyl (C=O) groups excluding carboxylic acids is 1. The lowest BCUT2D eigenvalue weighted by Crippen LogP contribution is -2.18. The van der Waals surface area contributed by atoms with E-state index >= 15 is 0 Å². The van der Waals surface area contributed by atoms with Crippen molar-refractivity contribution in [2.45, 2.75) is 26.7 Å². The number of rotatable bonds is 5. The van der Waals surface area contributed by atoms with Crippen LogP contribution in [-0.2, 0) is 0 Å². The molecule has 0 aliphatic rings. The summed E-state index contributed by atoms with van der Waals surface area (Å²) >= 11 is 0. The highest BCUT2D eigenvalue weighted by Gasteiger charge is 2.08. The van der Waals surface area contributed by atoms with E-state index < -0.39 is 5.91 Å². The standard InChI is InChI=1S/C13H18N2O2/c1-3-10(4-2)9-14-15-13(17)11-7-5-6-8-12(11)16/h5-10,16H,3-4H2,1-2H3,(H,15,17)/b14-9-. The first-order valence-corrected chi connectivity index (χ1v) is 5.80. The fourth-order valence-corrected chi connectivity index (χ4v) is 1.43. The summed E-state index contributed by atoms with van der Waals surface area (Å²) in [4.78, 5) is 11.6. The third-order valence-corrected chi connectivity index (χ3v) is 2.65. The molecule has 0 fully saturated rings. The summed E-state index contributed by atoms with van der Waals surface area (Å²) in [5, 5.41) is 13.4. The van der Waals surface area contributed by atoms with E-state index in [1.807, 2.05) is 0 Å². The van der Waals surface area contributed by atoms with Crippen LogP contribution in [0.4, 0.5) is 0 Å². The van der Waals surface area contributed by atoms with Crippen LogP contribution in [0.25, 0.3) is 0 Å². The zero-order valence-corrected chi connectivity index (χ0v) is 10.2. The predicted molar refractivity (Wildman–Crippen MR) is 68.1 cm³/mol.